The van der Waals surface area contributed by atoms with Gasteiger partial charge < -0.3 is 0 Å². The topological polar surface area (TPSA) is 25.8 Å². The van der Waals surface area contributed by atoms with Crippen molar-refractivity contribution < 1.29 is 0 Å². The Labute approximate surface area is 337 Å². The van der Waals surface area contributed by atoms with E-state index in [1.54, 1.807) is 0 Å². The van der Waals surface area contributed by atoms with Crippen molar-refractivity contribution in [1.82, 2.24) is 9.97 Å². The minimum atomic E-state index is 0.689. The van der Waals surface area contributed by atoms with Crippen molar-refractivity contribution in [2.45, 2.75) is 0 Å². The number of hydrogen-bond acceptors (Lipinski definition) is 2. The summed E-state index contributed by atoms with van der Waals surface area (Å²) in [4.78, 5) is 10.6. The van der Waals surface area contributed by atoms with Gasteiger partial charge in [0.25, 0.3) is 0 Å². The Balaban J connectivity index is 1.04. The average molecular weight is 737 g/mol. The van der Waals surface area contributed by atoms with Crippen LogP contribution in [0.25, 0.3) is 110 Å². The van der Waals surface area contributed by atoms with Crippen LogP contribution in [0, 0.1) is 0 Å². The normalized spacial score (nSPS) is 11.4. The zero-order chi connectivity index (χ0) is 38.4. The maximum atomic E-state index is 5.30. The quantitative estimate of drug-likeness (QED) is 0.125. The van der Waals surface area contributed by atoms with E-state index in [0.717, 1.165) is 44.8 Å². The first kappa shape index (κ1) is 33.6. The molecule has 1 aromatic heterocycles. The first-order valence-electron chi connectivity index (χ1n) is 19.8. The first-order valence-corrected chi connectivity index (χ1v) is 19.8. The van der Waals surface area contributed by atoms with Gasteiger partial charge in [-0.15, -0.1) is 0 Å². The Morgan fingerprint density at radius 3 is 1.62 bits per heavy atom. The Bertz CT molecular complexity index is 3310. The number of nitrogens with zero attached hydrogens (tertiary/aromatic N) is 2. The maximum Gasteiger partial charge on any atom is 0.160 e. The van der Waals surface area contributed by atoms with Crippen molar-refractivity contribution in [3.05, 3.63) is 218 Å². The number of benzene rings is 10. The molecule has 270 valence electrons. The molecule has 0 fully saturated rings. The summed E-state index contributed by atoms with van der Waals surface area (Å²) in [7, 11) is 0. The number of hydrogen-bond donors (Lipinski definition) is 0. The van der Waals surface area contributed by atoms with Crippen LogP contribution in [0.4, 0.5) is 0 Å². The zero-order valence-electron chi connectivity index (χ0n) is 31.7. The molecule has 11 aromatic rings. The number of rotatable bonds is 6. The standard InChI is InChI=1S/C56H36N2/c1-2-13-39(14-3-1)47-18-10-11-21-50(47)54-36-53(41-25-22-38(23-26-41)45-31-24-37-12-4-5-16-44(37)34-45)57-56(58-54)43-29-27-42(28-30-43)55-49-20-9-7-17-46(49)35-52-48-19-8-6-15-40(48)32-33-51(52)55/h1-36H. The van der Waals surface area contributed by atoms with Crippen molar-refractivity contribution in [1.29, 1.82) is 0 Å². The van der Waals surface area contributed by atoms with Crippen LogP contribution in [0.5, 0.6) is 0 Å². The van der Waals surface area contributed by atoms with E-state index in [-0.39, 0.29) is 0 Å². The third kappa shape index (κ3) is 6.00. The Kier molecular flexibility index (Phi) is 8.19. The van der Waals surface area contributed by atoms with Crippen LogP contribution in [0.3, 0.4) is 0 Å². The van der Waals surface area contributed by atoms with Crippen molar-refractivity contribution >= 4 is 43.1 Å². The number of aromatic nitrogens is 2. The molecule has 0 N–H and O–H groups in total. The van der Waals surface area contributed by atoms with Gasteiger partial charge in [0.2, 0.25) is 0 Å². The van der Waals surface area contributed by atoms with Gasteiger partial charge in [-0.2, -0.15) is 0 Å². The predicted octanol–water partition coefficient (Wildman–Crippen LogP) is 15.1. The smallest absolute Gasteiger partial charge is 0.160 e. The SMILES string of the molecule is c1ccc(-c2ccccc2-c2cc(-c3ccc(-c4ccc5ccccc5c4)cc3)nc(-c3ccc(-c4c5ccccc5cc5c4ccc4ccccc45)cc3)n2)cc1. The molecule has 0 aliphatic rings. The third-order valence-corrected chi connectivity index (χ3v) is 11.5. The number of fused-ring (bicyclic) bond motifs is 5. The Morgan fingerprint density at radius 2 is 0.810 bits per heavy atom. The molecular weight excluding hydrogens is 701 g/mol. The molecule has 2 nitrogen and oxygen atoms in total. The zero-order valence-corrected chi connectivity index (χ0v) is 31.7. The first-order chi connectivity index (χ1) is 28.7. The summed E-state index contributed by atoms with van der Waals surface area (Å²) >= 11 is 0. The fourth-order valence-corrected chi connectivity index (χ4v) is 8.56. The van der Waals surface area contributed by atoms with E-state index in [4.69, 9.17) is 9.97 Å². The predicted molar refractivity (Wildman–Crippen MR) is 245 cm³/mol. The summed E-state index contributed by atoms with van der Waals surface area (Å²) in [5.41, 5.74) is 11.9. The lowest BCUT2D eigenvalue weighted by molar-refractivity contribution is 1.18. The third-order valence-electron chi connectivity index (χ3n) is 11.5. The fraction of sp³-hybridized carbons (Fsp3) is 0. The van der Waals surface area contributed by atoms with Gasteiger partial charge in [0.1, 0.15) is 0 Å². The molecule has 0 atom stereocenters. The summed E-state index contributed by atoms with van der Waals surface area (Å²) in [6, 6.07) is 78.2. The Hall–Kier alpha value is -7.68. The maximum absolute atomic E-state index is 5.30. The summed E-state index contributed by atoms with van der Waals surface area (Å²) in [6.07, 6.45) is 0. The molecule has 0 spiro atoms. The summed E-state index contributed by atoms with van der Waals surface area (Å²) in [5.74, 6) is 0.689. The molecule has 11 rings (SSSR count). The van der Waals surface area contributed by atoms with Crippen LogP contribution in [0.2, 0.25) is 0 Å². The lowest BCUT2D eigenvalue weighted by Gasteiger charge is -2.15. The van der Waals surface area contributed by atoms with Gasteiger partial charge in [-0.1, -0.05) is 200 Å². The molecule has 1 heterocycles. The molecule has 58 heavy (non-hydrogen) atoms. The highest BCUT2D eigenvalue weighted by atomic mass is 14.9. The second kappa shape index (κ2) is 14.1. The Morgan fingerprint density at radius 1 is 0.241 bits per heavy atom. The highest BCUT2D eigenvalue weighted by Crippen LogP contribution is 2.40. The molecule has 0 aliphatic carbocycles. The van der Waals surface area contributed by atoms with E-state index in [1.165, 1.54) is 59.8 Å². The van der Waals surface area contributed by atoms with Crippen LogP contribution in [0.1, 0.15) is 0 Å². The molecule has 0 radical (unpaired) electrons. The van der Waals surface area contributed by atoms with Gasteiger partial charge >= 0.3 is 0 Å². The van der Waals surface area contributed by atoms with Crippen LogP contribution in [-0.2, 0) is 0 Å². The van der Waals surface area contributed by atoms with Gasteiger partial charge in [-0.25, -0.2) is 9.97 Å². The van der Waals surface area contributed by atoms with Crippen LogP contribution in [0.15, 0.2) is 218 Å². The fourth-order valence-electron chi connectivity index (χ4n) is 8.56. The summed E-state index contributed by atoms with van der Waals surface area (Å²) < 4.78 is 0. The van der Waals surface area contributed by atoms with Crippen LogP contribution >= 0.6 is 0 Å². The molecule has 10 aromatic carbocycles. The van der Waals surface area contributed by atoms with Gasteiger partial charge in [0, 0.05) is 16.7 Å². The van der Waals surface area contributed by atoms with E-state index in [1.807, 2.05) is 0 Å². The highest BCUT2D eigenvalue weighted by Gasteiger charge is 2.16. The van der Waals surface area contributed by atoms with Gasteiger partial charge in [-0.05, 0) is 94.7 Å². The van der Waals surface area contributed by atoms with Gasteiger partial charge in [-0.3, -0.25) is 0 Å². The lowest BCUT2D eigenvalue weighted by Crippen LogP contribution is -1.97. The van der Waals surface area contributed by atoms with Crippen molar-refractivity contribution in [3.63, 3.8) is 0 Å². The highest BCUT2D eigenvalue weighted by molar-refractivity contribution is 6.20. The van der Waals surface area contributed by atoms with E-state index in [0.29, 0.717) is 5.82 Å². The van der Waals surface area contributed by atoms with E-state index in [9.17, 15) is 0 Å². The molecule has 0 bridgehead atoms. The van der Waals surface area contributed by atoms with Crippen LogP contribution < -0.4 is 0 Å². The van der Waals surface area contributed by atoms with Crippen molar-refractivity contribution in [2.75, 3.05) is 0 Å². The van der Waals surface area contributed by atoms with Gasteiger partial charge in [0.15, 0.2) is 5.82 Å². The summed E-state index contributed by atoms with van der Waals surface area (Å²) in [5, 5.41) is 9.97. The second-order valence-corrected chi connectivity index (χ2v) is 14.9. The largest absolute Gasteiger partial charge is 0.228 e. The molecular formula is C56H36N2. The molecule has 0 amide bonds. The van der Waals surface area contributed by atoms with E-state index in [2.05, 4.69) is 218 Å². The van der Waals surface area contributed by atoms with Crippen molar-refractivity contribution in [2.24, 2.45) is 0 Å². The average Bonchev–Trinajstić information content (AvgIpc) is 3.31. The minimum Gasteiger partial charge on any atom is -0.228 e. The molecule has 0 aliphatic heterocycles. The summed E-state index contributed by atoms with van der Waals surface area (Å²) in [6.45, 7) is 0. The molecule has 2 heteroatoms. The molecule has 0 saturated heterocycles. The minimum absolute atomic E-state index is 0.689. The monoisotopic (exact) mass is 736 g/mol. The van der Waals surface area contributed by atoms with E-state index < -0.39 is 0 Å². The van der Waals surface area contributed by atoms with Gasteiger partial charge in [0.05, 0.1) is 11.4 Å². The van der Waals surface area contributed by atoms with Crippen molar-refractivity contribution in [3.8, 4) is 67.3 Å². The second-order valence-electron chi connectivity index (χ2n) is 14.9. The molecule has 0 saturated carbocycles. The molecule has 0 unspecified atom stereocenters. The lowest BCUT2D eigenvalue weighted by atomic mass is 9.89. The van der Waals surface area contributed by atoms with E-state index >= 15 is 0 Å². The van der Waals surface area contributed by atoms with Crippen LogP contribution in [-0.4, -0.2) is 9.97 Å².